The second-order valence-electron chi connectivity index (χ2n) is 7.39. The molecule has 0 bridgehead atoms. The van der Waals surface area contributed by atoms with Crippen LogP contribution in [0, 0.1) is 5.92 Å². The number of nitrogens with zero attached hydrogens (tertiary/aromatic N) is 5. The molecular formula is C21H23N5O. The summed E-state index contributed by atoms with van der Waals surface area (Å²) in [4.78, 5) is 31.6. The molecule has 1 amide bonds. The summed E-state index contributed by atoms with van der Waals surface area (Å²) in [6.07, 6.45) is 8.81. The molecule has 6 nitrogen and oxygen atoms in total. The lowest BCUT2D eigenvalue weighted by Gasteiger charge is -2.32. The molecule has 0 aromatic carbocycles. The van der Waals surface area contributed by atoms with Crippen molar-refractivity contribution in [3.05, 3.63) is 48.8 Å². The van der Waals surface area contributed by atoms with Gasteiger partial charge in [-0.15, -0.1) is 0 Å². The first-order valence-electron chi connectivity index (χ1n) is 9.42. The molecule has 3 aromatic heterocycles. The van der Waals surface area contributed by atoms with Crippen LogP contribution < -0.4 is 0 Å². The maximum atomic E-state index is 12.2. The van der Waals surface area contributed by atoms with Crippen molar-refractivity contribution in [3.63, 3.8) is 0 Å². The monoisotopic (exact) mass is 361 g/mol. The van der Waals surface area contributed by atoms with Crippen molar-refractivity contribution in [2.75, 3.05) is 13.1 Å². The third kappa shape index (κ3) is 3.65. The van der Waals surface area contributed by atoms with Gasteiger partial charge in [-0.1, -0.05) is 13.8 Å². The molecule has 3 aromatic rings. The minimum atomic E-state index is 0.0637. The van der Waals surface area contributed by atoms with Crippen LogP contribution in [-0.4, -0.2) is 43.8 Å². The summed E-state index contributed by atoms with van der Waals surface area (Å²) >= 11 is 0. The Bertz CT molecular complexity index is 949. The maximum absolute atomic E-state index is 12.2. The van der Waals surface area contributed by atoms with Gasteiger partial charge in [-0.2, -0.15) is 0 Å². The van der Waals surface area contributed by atoms with Crippen LogP contribution in [0.4, 0.5) is 0 Å². The fourth-order valence-electron chi connectivity index (χ4n) is 3.62. The number of pyridine rings is 2. The van der Waals surface area contributed by atoms with Crippen molar-refractivity contribution in [1.82, 2.24) is 24.8 Å². The van der Waals surface area contributed by atoms with Gasteiger partial charge < -0.3 is 4.90 Å². The van der Waals surface area contributed by atoms with E-state index >= 15 is 0 Å². The summed E-state index contributed by atoms with van der Waals surface area (Å²) in [6.45, 7) is 5.53. The van der Waals surface area contributed by atoms with Gasteiger partial charge in [-0.3, -0.25) is 4.79 Å². The normalized spacial score (nSPS) is 15.4. The van der Waals surface area contributed by atoms with Crippen LogP contribution in [0.15, 0.2) is 43.1 Å². The summed E-state index contributed by atoms with van der Waals surface area (Å²) < 4.78 is 0. The van der Waals surface area contributed by atoms with E-state index < -0.39 is 0 Å². The Morgan fingerprint density at radius 1 is 1.07 bits per heavy atom. The molecule has 0 radical (unpaired) electrons. The zero-order valence-electron chi connectivity index (χ0n) is 15.7. The lowest BCUT2D eigenvalue weighted by atomic mass is 9.92. The second-order valence-corrected chi connectivity index (χ2v) is 7.39. The van der Waals surface area contributed by atoms with Crippen molar-refractivity contribution in [2.24, 2.45) is 5.92 Å². The summed E-state index contributed by atoms with van der Waals surface area (Å²) in [7, 11) is 0. The molecule has 0 atom stereocenters. The standard InChI is InChI=1S/C21H23N5O/c1-14(2)21(27)26-7-5-15(6-8-26)19-4-3-16-9-17(12-24-20(16)25-19)18-10-22-13-23-11-18/h3-4,9-15H,5-8H2,1-2H3. The van der Waals surface area contributed by atoms with Crippen LogP contribution in [0.5, 0.6) is 0 Å². The largest absolute Gasteiger partial charge is 0.342 e. The van der Waals surface area contributed by atoms with E-state index in [1.165, 1.54) is 6.33 Å². The van der Waals surface area contributed by atoms with Gasteiger partial charge in [0, 0.05) is 65.7 Å². The van der Waals surface area contributed by atoms with Crippen LogP contribution in [0.25, 0.3) is 22.2 Å². The molecular weight excluding hydrogens is 338 g/mol. The quantitative estimate of drug-likeness (QED) is 0.714. The van der Waals surface area contributed by atoms with E-state index in [0.717, 1.165) is 53.8 Å². The maximum Gasteiger partial charge on any atom is 0.225 e. The highest BCUT2D eigenvalue weighted by Gasteiger charge is 2.25. The van der Waals surface area contributed by atoms with E-state index in [1.54, 1.807) is 12.4 Å². The average molecular weight is 361 g/mol. The van der Waals surface area contributed by atoms with E-state index in [-0.39, 0.29) is 11.8 Å². The molecule has 0 N–H and O–H groups in total. The Morgan fingerprint density at radius 2 is 1.81 bits per heavy atom. The fourth-order valence-corrected chi connectivity index (χ4v) is 3.62. The van der Waals surface area contributed by atoms with Gasteiger partial charge >= 0.3 is 0 Å². The van der Waals surface area contributed by atoms with Crippen LogP contribution >= 0.6 is 0 Å². The zero-order valence-corrected chi connectivity index (χ0v) is 15.7. The first-order chi connectivity index (χ1) is 13.1. The SMILES string of the molecule is CC(C)C(=O)N1CCC(c2ccc3cc(-c4cncnc4)cnc3n2)CC1. The van der Waals surface area contributed by atoms with Gasteiger partial charge in [0.05, 0.1) is 0 Å². The van der Waals surface area contributed by atoms with Crippen LogP contribution in [0.3, 0.4) is 0 Å². The van der Waals surface area contributed by atoms with Gasteiger partial charge in [-0.25, -0.2) is 19.9 Å². The minimum Gasteiger partial charge on any atom is -0.342 e. The number of aromatic nitrogens is 4. The van der Waals surface area contributed by atoms with Gasteiger partial charge in [0.2, 0.25) is 5.91 Å². The fraction of sp³-hybridized carbons (Fsp3) is 0.381. The highest BCUT2D eigenvalue weighted by molar-refractivity contribution is 5.80. The summed E-state index contributed by atoms with van der Waals surface area (Å²) in [5, 5.41) is 1.01. The van der Waals surface area contributed by atoms with Crippen molar-refractivity contribution in [1.29, 1.82) is 0 Å². The topological polar surface area (TPSA) is 71.9 Å². The van der Waals surface area contributed by atoms with E-state index in [9.17, 15) is 4.79 Å². The lowest BCUT2D eigenvalue weighted by molar-refractivity contribution is -0.135. The highest BCUT2D eigenvalue weighted by Crippen LogP contribution is 2.29. The minimum absolute atomic E-state index is 0.0637. The van der Waals surface area contributed by atoms with E-state index in [0.29, 0.717) is 5.92 Å². The molecule has 1 saturated heterocycles. The number of likely N-dealkylation sites (tertiary alicyclic amines) is 1. The van der Waals surface area contributed by atoms with Gasteiger partial charge in [0.25, 0.3) is 0 Å². The number of carbonyl (C=O) groups is 1. The smallest absolute Gasteiger partial charge is 0.225 e. The summed E-state index contributed by atoms with van der Waals surface area (Å²) in [6, 6.07) is 6.26. The molecule has 1 aliphatic rings. The van der Waals surface area contributed by atoms with E-state index in [2.05, 4.69) is 33.2 Å². The van der Waals surface area contributed by atoms with Gasteiger partial charge in [0.1, 0.15) is 6.33 Å². The Labute approximate surface area is 158 Å². The first kappa shape index (κ1) is 17.5. The number of amides is 1. The third-order valence-corrected chi connectivity index (χ3v) is 5.18. The number of hydrogen-bond acceptors (Lipinski definition) is 5. The number of piperidine rings is 1. The summed E-state index contributed by atoms with van der Waals surface area (Å²) in [5.41, 5.74) is 3.76. The average Bonchev–Trinajstić information content (AvgIpc) is 2.73. The Kier molecular flexibility index (Phi) is 4.79. The molecule has 6 heteroatoms. The van der Waals surface area contributed by atoms with E-state index in [4.69, 9.17) is 4.98 Å². The molecule has 0 aliphatic carbocycles. The molecule has 4 rings (SSSR count). The second kappa shape index (κ2) is 7.39. The Hall–Kier alpha value is -2.89. The molecule has 0 saturated carbocycles. The number of rotatable bonds is 3. The Morgan fingerprint density at radius 3 is 2.52 bits per heavy atom. The highest BCUT2D eigenvalue weighted by atomic mass is 16.2. The molecule has 0 spiro atoms. The van der Waals surface area contributed by atoms with E-state index in [1.807, 2.05) is 24.9 Å². The number of carbonyl (C=O) groups excluding carboxylic acids is 1. The molecule has 1 aliphatic heterocycles. The number of fused-ring (bicyclic) bond motifs is 1. The molecule has 0 unspecified atom stereocenters. The predicted octanol–water partition coefficient (Wildman–Crippen LogP) is 3.45. The molecule has 1 fully saturated rings. The third-order valence-electron chi connectivity index (χ3n) is 5.18. The van der Waals surface area contributed by atoms with Gasteiger partial charge in [0.15, 0.2) is 5.65 Å². The van der Waals surface area contributed by atoms with Crippen LogP contribution in [-0.2, 0) is 4.79 Å². The zero-order chi connectivity index (χ0) is 18.8. The molecule has 4 heterocycles. The molecule has 27 heavy (non-hydrogen) atoms. The van der Waals surface area contributed by atoms with Gasteiger partial charge in [-0.05, 0) is 31.0 Å². The molecule has 138 valence electrons. The first-order valence-corrected chi connectivity index (χ1v) is 9.42. The predicted molar refractivity (Wildman–Crippen MR) is 104 cm³/mol. The van der Waals surface area contributed by atoms with Crippen LogP contribution in [0.2, 0.25) is 0 Å². The van der Waals surface area contributed by atoms with Crippen molar-refractivity contribution in [2.45, 2.75) is 32.6 Å². The van der Waals surface area contributed by atoms with Crippen molar-refractivity contribution >= 4 is 16.9 Å². The van der Waals surface area contributed by atoms with Crippen molar-refractivity contribution < 1.29 is 4.79 Å². The summed E-state index contributed by atoms with van der Waals surface area (Å²) in [5.74, 6) is 0.697. The lowest BCUT2D eigenvalue weighted by Crippen LogP contribution is -2.40. The number of hydrogen-bond donors (Lipinski definition) is 0. The van der Waals surface area contributed by atoms with Crippen molar-refractivity contribution in [3.8, 4) is 11.1 Å². The van der Waals surface area contributed by atoms with Crippen LogP contribution in [0.1, 0.15) is 38.3 Å². The Balaban J connectivity index is 1.52.